The number of benzene rings is 2. The van der Waals surface area contributed by atoms with Crippen molar-refractivity contribution in [1.82, 2.24) is 0 Å². The summed E-state index contributed by atoms with van der Waals surface area (Å²) in [5.74, 6) is 0. The Morgan fingerprint density at radius 3 is 2.67 bits per heavy atom. The molecule has 0 bridgehead atoms. The Bertz CT molecular complexity index is 605. The fourth-order valence-corrected chi connectivity index (χ4v) is 2.80. The molecule has 0 saturated heterocycles. The van der Waals surface area contributed by atoms with Crippen LogP contribution in [0.25, 0.3) is 0 Å². The van der Waals surface area contributed by atoms with Crippen LogP contribution in [0.5, 0.6) is 0 Å². The smallest absolute Gasteiger partial charge is 0.181 e. The maximum Gasteiger partial charge on any atom is 0.181 e. The highest BCUT2D eigenvalue weighted by atomic mass is 35.5. The first-order valence-corrected chi connectivity index (χ1v) is 6.58. The van der Waals surface area contributed by atoms with Gasteiger partial charge in [-0.3, -0.25) is 5.32 Å². The number of hydrogen-bond acceptors (Lipinski definition) is 3. The van der Waals surface area contributed by atoms with Crippen LogP contribution in [0.15, 0.2) is 52.3 Å². The first-order chi connectivity index (χ1) is 8.70. The first-order valence-electron chi connectivity index (χ1n) is 5.39. The number of nitrogens with one attached hydrogen (secondary N) is 1. The third kappa shape index (κ3) is 2.98. The molecule has 0 fully saturated rings. The third-order valence-corrected chi connectivity index (χ3v) is 3.96. The quantitative estimate of drug-likeness (QED) is 0.651. The molecule has 2 nitrogen and oxygen atoms in total. The van der Waals surface area contributed by atoms with Crippen LogP contribution in [0, 0.1) is 18.4 Å². The SMILES string of the molecule is Cc1ccc(NC#N)c(Sc2ccccc2Cl)c1. The second kappa shape index (κ2) is 5.81. The molecule has 0 unspecified atom stereocenters. The van der Waals surface area contributed by atoms with Crippen LogP contribution >= 0.6 is 23.4 Å². The molecule has 2 aromatic rings. The largest absolute Gasteiger partial charge is 0.292 e. The van der Waals surface area contributed by atoms with Gasteiger partial charge in [-0.15, -0.1) is 0 Å². The van der Waals surface area contributed by atoms with E-state index in [1.165, 1.54) is 0 Å². The van der Waals surface area contributed by atoms with Crippen LogP contribution in [-0.2, 0) is 0 Å². The van der Waals surface area contributed by atoms with E-state index in [2.05, 4.69) is 5.32 Å². The van der Waals surface area contributed by atoms with Gasteiger partial charge < -0.3 is 0 Å². The molecule has 0 aliphatic rings. The molecule has 0 aliphatic carbocycles. The van der Waals surface area contributed by atoms with E-state index in [0.717, 1.165) is 21.0 Å². The lowest BCUT2D eigenvalue weighted by molar-refractivity contribution is 1.33. The summed E-state index contributed by atoms with van der Waals surface area (Å²) < 4.78 is 0. The average Bonchev–Trinajstić information content (AvgIpc) is 2.36. The van der Waals surface area contributed by atoms with Gasteiger partial charge in [-0.05, 0) is 36.8 Å². The minimum Gasteiger partial charge on any atom is -0.292 e. The summed E-state index contributed by atoms with van der Waals surface area (Å²) in [5.41, 5.74) is 1.95. The van der Waals surface area contributed by atoms with Gasteiger partial charge >= 0.3 is 0 Å². The van der Waals surface area contributed by atoms with E-state index >= 15 is 0 Å². The summed E-state index contributed by atoms with van der Waals surface area (Å²) in [6.07, 6.45) is 1.95. The number of rotatable bonds is 3. The maximum absolute atomic E-state index is 8.74. The van der Waals surface area contributed by atoms with Crippen LogP contribution in [0.4, 0.5) is 5.69 Å². The van der Waals surface area contributed by atoms with Gasteiger partial charge in [-0.1, -0.05) is 41.6 Å². The second-order valence-electron chi connectivity index (χ2n) is 3.77. The molecule has 4 heteroatoms. The molecular weight excluding hydrogens is 264 g/mol. The summed E-state index contributed by atoms with van der Waals surface area (Å²) in [6.45, 7) is 2.02. The fraction of sp³-hybridized carbons (Fsp3) is 0.0714. The Balaban J connectivity index is 2.36. The minimum absolute atomic E-state index is 0.715. The lowest BCUT2D eigenvalue weighted by Gasteiger charge is -2.09. The summed E-state index contributed by atoms with van der Waals surface area (Å²) in [7, 11) is 0. The number of aryl methyl sites for hydroxylation is 1. The molecule has 0 aliphatic heterocycles. The highest BCUT2D eigenvalue weighted by Crippen LogP contribution is 2.37. The van der Waals surface area contributed by atoms with Gasteiger partial charge in [0.15, 0.2) is 6.19 Å². The summed E-state index contributed by atoms with van der Waals surface area (Å²) in [4.78, 5) is 1.97. The van der Waals surface area contributed by atoms with E-state index < -0.39 is 0 Å². The standard InChI is InChI=1S/C14H11ClN2S/c1-10-6-7-12(17-9-16)14(8-10)18-13-5-3-2-4-11(13)15/h2-8,17H,1H3. The van der Waals surface area contributed by atoms with Gasteiger partial charge in [-0.25, -0.2) is 0 Å². The van der Waals surface area contributed by atoms with Gasteiger partial charge in [-0.2, -0.15) is 5.26 Å². The number of nitrogens with zero attached hydrogens (tertiary/aromatic N) is 1. The van der Waals surface area contributed by atoms with Crippen molar-refractivity contribution in [3.05, 3.63) is 53.1 Å². The molecule has 2 rings (SSSR count). The Labute approximate surface area is 116 Å². The topological polar surface area (TPSA) is 35.8 Å². The van der Waals surface area contributed by atoms with E-state index in [0.29, 0.717) is 5.02 Å². The van der Waals surface area contributed by atoms with Crippen molar-refractivity contribution in [2.45, 2.75) is 16.7 Å². The molecule has 0 aromatic heterocycles. The van der Waals surface area contributed by atoms with E-state index in [9.17, 15) is 0 Å². The Kier molecular flexibility index (Phi) is 4.14. The van der Waals surface area contributed by atoms with Gasteiger partial charge in [0.1, 0.15) is 0 Å². The summed E-state index contributed by atoms with van der Waals surface area (Å²) in [5, 5.41) is 12.1. The molecule has 0 atom stereocenters. The maximum atomic E-state index is 8.74. The Morgan fingerprint density at radius 1 is 1.17 bits per heavy atom. The van der Waals surface area contributed by atoms with Crippen LogP contribution in [0.3, 0.4) is 0 Å². The normalized spacial score (nSPS) is 9.83. The second-order valence-corrected chi connectivity index (χ2v) is 5.26. The van der Waals surface area contributed by atoms with Crippen LogP contribution in [-0.4, -0.2) is 0 Å². The number of nitriles is 1. The molecule has 0 radical (unpaired) electrons. The molecule has 2 aromatic carbocycles. The van der Waals surface area contributed by atoms with E-state index in [1.807, 2.05) is 55.6 Å². The average molecular weight is 275 g/mol. The van der Waals surface area contributed by atoms with Crippen molar-refractivity contribution in [3.8, 4) is 6.19 Å². The predicted octanol–water partition coefficient (Wildman–Crippen LogP) is 4.69. The zero-order chi connectivity index (χ0) is 13.0. The van der Waals surface area contributed by atoms with Crippen molar-refractivity contribution in [2.24, 2.45) is 0 Å². The molecule has 1 N–H and O–H groups in total. The number of halogens is 1. The molecule has 0 saturated carbocycles. The van der Waals surface area contributed by atoms with E-state index in [-0.39, 0.29) is 0 Å². The monoisotopic (exact) mass is 274 g/mol. The van der Waals surface area contributed by atoms with Crippen LogP contribution in [0.2, 0.25) is 5.02 Å². The molecule has 0 spiro atoms. The molecule has 90 valence electrons. The Morgan fingerprint density at radius 2 is 1.94 bits per heavy atom. The zero-order valence-corrected chi connectivity index (χ0v) is 11.3. The summed E-state index contributed by atoms with van der Waals surface area (Å²) >= 11 is 7.69. The van der Waals surface area contributed by atoms with Crippen molar-refractivity contribution in [1.29, 1.82) is 5.26 Å². The zero-order valence-electron chi connectivity index (χ0n) is 9.77. The lowest BCUT2D eigenvalue weighted by atomic mass is 10.2. The number of hydrogen-bond donors (Lipinski definition) is 1. The highest BCUT2D eigenvalue weighted by molar-refractivity contribution is 7.99. The van der Waals surface area contributed by atoms with Gasteiger partial charge in [0.05, 0.1) is 10.7 Å². The minimum atomic E-state index is 0.715. The van der Waals surface area contributed by atoms with Crippen molar-refractivity contribution >= 4 is 29.1 Å². The van der Waals surface area contributed by atoms with Gasteiger partial charge in [0.25, 0.3) is 0 Å². The van der Waals surface area contributed by atoms with Crippen molar-refractivity contribution < 1.29 is 0 Å². The molecule has 0 amide bonds. The van der Waals surface area contributed by atoms with E-state index in [1.54, 1.807) is 11.8 Å². The van der Waals surface area contributed by atoms with Gasteiger partial charge in [0.2, 0.25) is 0 Å². The first kappa shape index (κ1) is 12.8. The number of anilines is 1. The predicted molar refractivity (Wildman–Crippen MR) is 76.0 cm³/mol. The third-order valence-electron chi connectivity index (χ3n) is 2.38. The van der Waals surface area contributed by atoms with E-state index in [4.69, 9.17) is 16.9 Å². The van der Waals surface area contributed by atoms with Crippen LogP contribution < -0.4 is 5.32 Å². The highest BCUT2D eigenvalue weighted by Gasteiger charge is 2.07. The van der Waals surface area contributed by atoms with Gasteiger partial charge in [0, 0.05) is 9.79 Å². The van der Waals surface area contributed by atoms with Crippen LogP contribution in [0.1, 0.15) is 5.56 Å². The Hall–Kier alpha value is -1.63. The lowest BCUT2D eigenvalue weighted by Crippen LogP contribution is -1.90. The molecule has 0 heterocycles. The fourth-order valence-electron chi connectivity index (χ4n) is 1.52. The van der Waals surface area contributed by atoms with Crippen molar-refractivity contribution in [3.63, 3.8) is 0 Å². The van der Waals surface area contributed by atoms with Crippen molar-refractivity contribution in [2.75, 3.05) is 5.32 Å². The molecular formula is C14H11ClN2S. The summed E-state index contributed by atoms with van der Waals surface area (Å²) in [6, 6.07) is 13.6. The molecule has 18 heavy (non-hydrogen) atoms.